The normalized spacial score (nSPS) is 23.1. The summed E-state index contributed by atoms with van der Waals surface area (Å²) in [6, 6.07) is 8.60. The van der Waals surface area contributed by atoms with Crippen LogP contribution in [0.25, 0.3) is 0 Å². The van der Waals surface area contributed by atoms with Crippen LogP contribution in [0.2, 0.25) is 0 Å². The summed E-state index contributed by atoms with van der Waals surface area (Å²) in [6.45, 7) is -0.173. The molecule has 1 fully saturated rings. The van der Waals surface area contributed by atoms with Crippen LogP contribution in [0.15, 0.2) is 30.3 Å². The van der Waals surface area contributed by atoms with E-state index in [0.29, 0.717) is 5.75 Å². The Kier molecular flexibility index (Phi) is 3.88. The molecule has 2 rings (SSSR count). The molecule has 0 radical (unpaired) electrons. The maximum Gasteiger partial charge on any atom is 0.327 e. The molecule has 0 aliphatic carbocycles. The number of carbonyl (C=O) groups is 2. The van der Waals surface area contributed by atoms with Gasteiger partial charge in [-0.2, -0.15) is 0 Å². The highest BCUT2D eigenvalue weighted by molar-refractivity contribution is 7.99. The molecule has 18 heavy (non-hydrogen) atoms. The number of carbonyl (C=O) groups excluding carboxylic acids is 1. The van der Waals surface area contributed by atoms with E-state index in [1.807, 2.05) is 30.3 Å². The van der Waals surface area contributed by atoms with Crippen LogP contribution in [0.1, 0.15) is 10.9 Å². The average molecular weight is 266 g/mol. The molecule has 1 aromatic rings. The smallest absolute Gasteiger partial charge is 0.327 e. The van der Waals surface area contributed by atoms with Gasteiger partial charge in [0.15, 0.2) is 0 Å². The highest BCUT2D eigenvalue weighted by Gasteiger charge is 2.41. The van der Waals surface area contributed by atoms with Crippen molar-refractivity contribution in [2.45, 2.75) is 11.4 Å². The van der Waals surface area contributed by atoms with Crippen LogP contribution in [-0.2, 0) is 9.59 Å². The van der Waals surface area contributed by atoms with Crippen molar-refractivity contribution in [1.29, 1.82) is 0 Å². The van der Waals surface area contributed by atoms with Gasteiger partial charge in [-0.1, -0.05) is 30.3 Å². The third-order valence-corrected chi connectivity index (χ3v) is 4.16. The van der Waals surface area contributed by atoms with Crippen molar-refractivity contribution in [1.82, 2.24) is 4.90 Å². The number of nitrogens with zero attached hydrogens (tertiary/aromatic N) is 1. The Morgan fingerprint density at radius 1 is 1.39 bits per heavy atom. The van der Waals surface area contributed by atoms with E-state index < -0.39 is 12.0 Å². The van der Waals surface area contributed by atoms with Crippen molar-refractivity contribution in [3.05, 3.63) is 35.9 Å². The highest BCUT2D eigenvalue weighted by Crippen LogP contribution is 2.41. The van der Waals surface area contributed by atoms with Gasteiger partial charge in [0, 0.05) is 5.75 Å². The second kappa shape index (κ2) is 5.41. The lowest BCUT2D eigenvalue weighted by Crippen LogP contribution is -2.45. The van der Waals surface area contributed by atoms with Gasteiger partial charge in [0.25, 0.3) is 0 Å². The number of rotatable bonds is 3. The molecule has 3 N–H and O–H groups in total. The largest absolute Gasteiger partial charge is 0.480 e. The first-order chi connectivity index (χ1) is 8.65. The standard InChI is InChI=1S/C12H14N2O3S/c13-6-10(15)14-9(12(16)17)7-18-11(14)8-4-2-1-3-5-8/h1-5,9,11H,6-7,13H2,(H,16,17)/t9-,11+/m0/s1. The Labute approximate surface area is 109 Å². The lowest BCUT2D eigenvalue weighted by Gasteiger charge is -2.27. The van der Waals surface area contributed by atoms with Crippen LogP contribution in [0.5, 0.6) is 0 Å². The molecule has 96 valence electrons. The summed E-state index contributed by atoms with van der Waals surface area (Å²) < 4.78 is 0. The van der Waals surface area contributed by atoms with Crippen molar-refractivity contribution in [3.8, 4) is 0 Å². The van der Waals surface area contributed by atoms with E-state index in [4.69, 9.17) is 10.8 Å². The zero-order valence-electron chi connectivity index (χ0n) is 9.65. The lowest BCUT2D eigenvalue weighted by atomic mass is 10.1. The van der Waals surface area contributed by atoms with Crippen LogP contribution < -0.4 is 5.73 Å². The van der Waals surface area contributed by atoms with Gasteiger partial charge in [-0.25, -0.2) is 4.79 Å². The van der Waals surface area contributed by atoms with Gasteiger partial charge in [-0.15, -0.1) is 11.8 Å². The Hall–Kier alpha value is -1.53. The van der Waals surface area contributed by atoms with E-state index in [1.54, 1.807) is 0 Å². The van der Waals surface area contributed by atoms with E-state index in [9.17, 15) is 9.59 Å². The Morgan fingerprint density at radius 3 is 2.61 bits per heavy atom. The minimum absolute atomic E-state index is 0.173. The Morgan fingerprint density at radius 2 is 2.06 bits per heavy atom. The van der Waals surface area contributed by atoms with E-state index in [1.165, 1.54) is 16.7 Å². The van der Waals surface area contributed by atoms with E-state index in [-0.39, 0.29) is 17.8 Å². The number of thioether (sulfide) groups is 1. The number of aliphatic carboxylic acids is 1. The summed E-state index contributed by atoms with van der Waals surface area (Å²) in [7, 11) is 0. The van der Waals surface area contributed by atoms with Crippen LogP contribution in [0.3, 0.4) is 0 Å². The molecule has 1 aliphatic rings. The van der Waals surface area contributed by atoms with Crippen molar-refractivity contribution in [2.24, 2.45) is 5.73 Å². The number of carboxylic acids is 1. The van der Waals surface area contributed by atoms with E-state index >= 15 is 0 Å². The Bertz CT molecular complexity index is 452. The molecule has 2 atom stereocenters. The maximum atomic E-state index is 11.8. The minimum Gasteiger partial charge on any atom is -0.480 e. The fourth-order valence-corrected chi connectivity index (χ4v) is 3.42. The lowest BCUT2D eigenvalue weighted by molar-refractivity contribution is -0.148. The molecule has 0 bridgehead atoms. The van der Waals surface area contributed by atoms with Gasteiger partial charge in [-0.05, 0) is 5.56 Å². The number of hydrogen-bond acceptors (Lipinski definition) is 4. The van der Waals surface area contributed by atoms with E-state index in [0.717, 1.165) is 5.56 Å². The molecular formula is C12H14N2O3S. The second-order valence-corrected chi connectivity index (χ2v) is 5.07. The fourth-order valence-electron chi connectivity index (χ4n) is 1.98. The summed E-state index contributed by atoms with van der Waals surface area (Å²) >= 11 is 1.45. The topological polar surface area (TPSA) is 83.6 Å². The molecule has 1 saturated heterocycles. The Balaban J connectivity index is 2.31. The number of carboxylic acid groups (broad SMARTS) is 1. The molecule has 5 nitrogen and oxygen atoms in total. The van der Waals surface area contributed by atoms with Crippen molar-refractivity contribution >= 4 is 23.6 Å². The quantitative estimate of drug-likeness (QED) is 0.840. The molecular weight excluding hydrogens is 252 g/mol. The molecule has 0 unspecified atom stereocenters. The number of amides is 1. The summed E-state index contributed by atoms with van der Waals surface area (Å²) in [6.07, 6.45) is 0. The van der Waals surface area contributed by atoms with Crippen molar-refractivity contribution in [3.63, 3.8) is 0 Å². The predicted molar refractivity (Wildman–Crippen MR) is 69.0 cm³/mol. The van der Waals surface area contributed by atoms with Crippen molar-refractivity contribution < 1.29 is 14.7 Å². The van der Waals surface area contributed by atoms with Gasteiger partial charge in [0.1, 0.15) is 11.4 Å². The second-order valence-electron chi connectivity index (χ2n) is 3.96. The summed E-state index contributed by atoms with van der Waals surface area (Å²) in [5.74, 6) is -0.926. The van der Waals surface area contributed by atoms with Gasteiger partial charge < -0.3 is 15.7 Å². The summed E-state index contributed by atoms with van der Waals surface area (Å²) in [5.41, 5.74) is 6.29. The zero-order valence-corrected chi connectivity index (χ0v) is 10.5. The van der Waals surface area contributed by atoms with Crippen LogP contribution in [0.4, 0.5) is 0 Å². The van der Waals surface area contributed by atoms with Gasteiger partial charge in [-0.3, -0.25) is 4.79 Å². The van der Waals surface area contributed by atoms with E-state index in [2.05, 4.69) is 0 Å². The molecule has 1 amide bonds. The minimum atomic E-state index is -0.984. The van der Waals surface area contributed by atoms with Crippen LogP contribution >= 0.6 is 11.8 Å². The van der Waals surface area contributed by atoms with Crippen LogP contribution in [0, 0.1) is 0 Å². The SMILES string of the molecule is NCC(=O)N1[C@@H](c2ccccc2)SC[C@H]1C(=O)O. The monoisotopic (exact) mass is 266 g/mol. The molecule has 6 heteroatoms. The average Bonchev–Trinajstić information content (AvgIpc) is 2.83. The zero-order chi connectivity index (χ0) is 13.1. The number of hydrogen-bond donors (Lipinski definition) is 2. The molecule has 0 saturated carbocycles. The number of benzene rings is 1. The van der Waals surface area contributed by atoms with Gasteiger partial charge >= 0.3 is 5.97 Å². The molecule has 1 heterocycles. The first kappa shape index (κ1) is 12.9. The first-order valence-corrected chi connectivity index (χ1v) is 6.60. The van der Waals surface area contributed by atoms with Crippen molar-refractivity contribution in [2.75, 3.05) is 12.3 Å². The predicted octanol–water partition coefficient (Wildman–Crippen LogP) is 0.672. The van der Waals surface area contributed by atoms with Gasteiger partial charge in [0.2, 0.25) is 5.91 Å². The summed E-state index contributed by atoms with van der Waals surface area (Å²) in [5, 5.41) is 8.88. The van der Waals surface area contributed by atoms with Crippen LogP contribution in [-0.4, -0.2) is 40.2 Å². The third kappa shape index (κ3) is 2.34. The molecule has 0 spiro atoms. The highest BCUT2D eigenvalue weighted by atomic mass is 32.2. The molecule has 1 aliphatic heterocycles. The first-order valence-electron chi connectivity index (χ1n) is 5.55. The number of nitrogens with two attached hydrogens (primary N) is 1. The molecule has 1 aromatic carbocycles. The van der Waals surface area contributed by atoms with Gasteiger partial charge in [0.05, 0.1) is 6.54 Å². The molecule has 0 aromatic heterocycles. The third-order valence-electron chi connectivity index (χ3n) is 2.83. The fraction of sp³-hybridized carbons (Fsp3) is 0.333. The summed E-state index contributed by atoms with van der Waals surface area (Å²) in [4.78, 5) is 24.4. The maximum absolute atomic E-state index is 11.8.